The van der Waals surface area contributed by atoms with E-state index in [-0.39, 0.29) is 35.6 Å². The van der Waals surface area contributed by atoms with Crippen LogP contribution in [0.2, 0.25) is 0 Å². The number of benzene rings is 1. The Bertz CT molecular complexity index is 691. The van der Waals surface area contributed by atoms with Gasteiger partial charge < -0.3 is 5.11 Å². The van der Waals surface area contributed by atoms with Gasteiger partial charge in [0.2, 0.25) is 5.78 Å². The summed E-state index contributed by atoms with van der Waals surface area (Å²) in [4.78, 5) is 11.0. The zero-order valence-electron chi connectivity index (χ0n) is 12.5. The van der Waals surface area contributed by atoms with Crippen LogP contribution in [0.5, 0.6) is 0 Å². The van der Waals surface area contributed by atoms with Gasteiger partial charge in [0.1, 0.15) is 0 Å². The van der Waals surface area contributed by atoms with Crippen molar-refractivity contribution < 1.29 is 83.4 Å². The smallest absolute Gasteiger partial charge is 0.872 e. The van der Waals surface area contributed by atoms with E-state index >= 15 is 0 Å². The van der Waals surface area contributed by atoms with Crippen LogP contribution in [0, 0.1) is 0 Å². The maximum Gasteiger partial charge on any atom is 1.00 e. The van der Waals surface area contributed by atoms with Crippen LogP contribution in [0.1, 0.15) is 11.1 Å². The first-order valence-electron chi connectivity index (χ1n) is 5.95. The minimum atomic E-state index is -6.79. The molecule has 140 valence electrons. The van der Waals surface area contributed by atoms with Crippen LogP contribution in [-0.4, -0.2) is 23.8 Å². The fourth-order valence-corrected chi connectivity index (χ4v) is 1.47. The number of hydrogen-bond donors (Lipinski definition) is 0. The summed E-state index contributed by atoms with van der Waals surface area (Å²) in [6.07, 6.45) is -12.6. The topological polar surface area (TPSA) is 40.1 Å². The molecule has 0 saturated carbocycles. The van der Waals surface area contributed by atoms with Gasteiger partial charge in [0.05, 0.1) is 5.56 Å². The van der Waals surface area contributed by atoms with Gasteiger partial charge in [0.25, 0.3) is 0 Å². The summed E-state index contributed by atoms with van der Waals surface area (Å²) >= 11 is 0. The second-order valence-electron chi connectivity index (χ2n) is 4.60. The third-order valence-corrected chi connectivity index (χ3v) is 2.80. The first-order valence-corrected chi connectivity index (χ1v) is 5.95. The molecule has 0 unspecified atom stereocenters. The molecule has 1 aromatic rings. The maximum absolute atomic E-state index is 13.1. The molecule has 13 heteroatoms. The Balaban J connectivity index is 0.00000625. The van der Waals surface area contributed by atoms with Crippen molar-refractivity contribution in [3.05, 3.63) is 41.5 Å². The molecule has 0 aliphatic rings. The van der Waals surface area contributed by atoms with E-state index in [0.29, 0.717) is 18.2 Å². The molecule has 0 amide bonds. The van der Waals surface area contributed by atoms with Crippen LogP contribution in [0.3, 0.4) is 0 Å². The third-order valence-electron chi connectivity index (χ3n) is 2.80. The normalized spacial score (nSPS) is 14.0. The molecule has 1 rings (SSSR count). The first kappa shape index (κ1) is 24.7. The minimum absolute atomic E-state index is 0. The molecular formula is C13H5F10NaO2. The number of alkyl halides is 10. The number of carbonyl (C=O) groups is 1. The summed E-state index contributed by atoms with van der Waals surface area (Å²) in [5.41, 5.74) is -2.43. The first-order chi connectivity index (χ1) is 11.0. The second kappa shape index (κ2) is 7.77. The molecular weight excluding hydrogens is 401 g/mol. The third kappa shape index (κ3) is 4.92. The van der Waals surface area contributed by atoms with E-state index in [2.05, 4.69) is 0 Å². The van der Waals surface area contributed by atoms with Gasteiger partial charge in [0.15, 0.2) is 0 Å². The van der Waals surface area contributed by atoms with Crippen molar-refractivity contribution in [1.29, 1.82) is 0 Å². The van der Waals surface area contributed by atoms with Crippen molar-refractivity contribution in [2.24, 2.45) is 0 Å². The number of halogens is 10. The number of allylic oxidation sites excluding steroid dienone is 1. The predicted octanol–water partition coefficient (Wildman–Crippen LogP) is 0.813. The maximum atomic E-state index is 13.1. The standard InChI is InChI=1S/C13H6F10O2.Na/c14-10(15,12(19,20)13(21,22)23)9(25)5-8(24)6-2-1-3-7(4-6)11(16,17)18;/h1-5,24H;/q;+1/p-1/b8-5-;. The quantitative estimate of drug-likeness (QED) is 0.322. The molecule has 0 heterocycles. The van der Waals surface area contributed by atoms with Crippen molar-refractivity contribution in [2.75, 3.05) is 0 Å². The van der Waals surface area contributed by atoms with Gasteiger partial charge in [-0.15, -0.1) is 0 Å². The van der Waals surface area contributed by atoms with E-state index in [0.717, 1.165) is 0 Å². The van der Waals surface area contributed by atoms with Gasteiger partial charge in [-0.1, -0.05) is 17.9 Å². The molecule has 0 aromatic heterocycles. The molecule has 1 aromatic carbocycles. The van der Waals surface area contributed by atoms with E-state index in [1.54, 1.807) is 0 Å². The molecule has 0 radical (unpaired) electrons. The van der Waals surface area contributed by atoms with Gasteiger partial charge in [-0.3, -0.25) is 4.79 Å². The zero-order valence-corrected chi connectivity index (χ0v) is 14.5. The Morgan fingerprint density at radius 2 is 1.42 bits per heavy atom. The van der Waals surface area contributed by atoms with Crippen LogP contribution in [0.15, 0.2) is 30.3 Å². The van der Waals surface area contributed by atoms with E-state index in [9.17, 15) is 53.8 Å². The SMILES string of the molecule is O=C(/C=C(\[O-])c1cccc(C(F)(F)F)c1)C(F)(F)C(F)(F)C(F)(F)F.[Na+]. The molecule has 0 aliphatic heterocycles. The number of rotatable bonds is 4. The van der Waals surface area contributed by atoms with Crippen molar-refractivity contribution in [2.45, 2.75) is 24.2 Å². The molecule has 0 saturated heterocycles. The van der Waals surface area contributed by atoms with E-state index in [1.807, 2.05) is 0 Å². The average Bonchev–Trinajstić information content (AvgIpc) is 2.44. The Morgan fingerprint density at radius 1 is 0.923 bits per heavy atom. The van der Waals surface area contributed by atoms with Crippen molar-refractivity contribution in [3.63, 3.8) is 0 Å². The van der Waals surface area contributed by atoms with Gasteiger partial charge in [0, 0.05) is 0 Å². The van der Waals surface area contributed by atoms with Gasteiger partial charge >= 0.3 is 53.8 Å². The Morgan fingerprint density at radius 3 is 1.85 bits per heavy atom. The Hall–Kier alpha value is -1.27. The molecule has 0 spiro atoms. The summed E-state index contributed by atoms with van der Waals surface area (Å²) in [5.74, 6) is -18.2. The summed E-state index contributed by atoms with van der Waals surface area (Å²) in [6.45, 7) is 0. The molecule has 0 aliphatic carbocycles. The van der Waals surface area contributed by atoms with Crippen LogP contribution in [0.25, 0.3) is 5.76 Å². The minimum Gasteiger partial charge on any atom is -0.872 e. The Labute approximate surface area is 160 Å². The average molecular weight is 406 g/mol. The van der Waals surface area contributed by atoms with E-state index < -0.39 is 52.9 Å². The summed E-state index contributed by atoms with van der Waals surface area (Å²) in [7, 11) is 0. The monoisotopic (exact) mass is 406 g/mol. The zero-order chi connectivity index (χ0) is 19.8. The number of ketones is 1. The molecule has 26 heavy (non-hydrogen) atoms. The fourth-order valence-electron chi connectivity index (χ4n) is 1.47. The molecule has 2 nitrogen and oxygen atoms in total. The summed E-state index contributed by atoms with van der Waals surface area (Å²) in [6, 6.07) is 1.87. The molecule has 0 bridgehead atoms. The second-order valence-corrected chi connectivity index (χ2v) is 4.60. The van der Waals surface area contributed by atoms with Crippen LogP contribution in [-0.2, 0) is 11.0 Å². The van der Waals surface area contributed by atoms with E-state index in [4.69, 9.17) is 0 Å². The Kier molecular flexibility index (Phi) is 7.39. The molecule has 0 fully saturated rings. The summed E-state index contributed by atoms with van der Waals surface area (Å²) in [5, 5.41) is 11.5. The number of hydrogen-bond acceptors (Lipinski definition) is 2. The fraction of sp³-hybridized carbons (Fsp3) is 0.308. The van der Waals surface area contributed by atoms with E-state index in [1.165, 1.54) is 0 Å². The van der Waals surface area contributed by atoms with Crippen molar-refractivity contribution in [3.8, 4) is 0 Å². The van der Waals surface area contributed by atoms with Crippen molar-refractivity contribution >= 4 is 11.5 Å². The van der Waals surface area contributed by atoms with Crippen molar-refractivity contribution in [1.82, 2.24) is 0 Å². The van der Waals surface area contributed by atoms with Crippen LogP contribution >= 0.6 is 0 Å². The molecule has 0 atom stereocenters. The summed E-state index contributed by atoms with van der Waals surface area (Å²) < 4.78 is 125. The van der Waals surface area contributed by atoms with Gasteiger partial charge in [-0.05, 0) is 23.8 Å². The van der Waals surface area contributed by atoms with Crippen LogP contribution < -0.4 is 34.7 Å². The number of carbonyl (C=O) groups excluding carboxylic acids is 1. The van der Waals surface area contributed by atoms with Crippen LogP contribution in [0.4, 0.5) is 43.9 Å². The van der Waals surface area contributed by atoms with Gasteiger partial charge in [-0.25, -0.2) is 0 Å². The molecule has 0 N–H and O–H groups in total. The predicted molar refractivity (Wildman–Crippen MR) is 60.4 cm³/mol. The van der Waals surface area contributed by atoms with Gasteiger partial charge in [-0.2, -0.15) is 43.9 Å². The largest absolute Gasteiger partial charge is 1.00 e.